The maximum Gasteiger partial charge on any atom is 0.327 e. The second-order valence-electron chi connectivity index (χ2n) is 3.83. The van der Waals surface area contributed by atoms with Crippen molar-refractivity contribution in [1.82, 2.24) is 5.32 Å². The Morgan fingerprint density at radius 1 is 1.47 bits per heavy atom. The number of amides is 1. The van der Waals surface area contributed by atoms with Crippen LogP contribution in [-0.4, -0.2) is 30.5 Å². The molecule has 0 heterocycles. The lowest BCUT2D eigenvalue weighted by Gasteiger charge is -2.22. The standard InChI is InChI=1S/C12H16FN3O3/c1-3-14-11(17)8-15(4-2)10-7-5-6-9(13)12(10)16(18)19/h5-7H,3-4,8H2,1-2H3,(H,14,17). The van der Waals surface area contributed by atoms with E-state index in [1.807, 2.05) is 0 Å². The minimum absolute atomic E-state index is 0.0470. The first kappa shape index (κ1) is 14.9. The van der Waals surface area contributed by atoms with Crippen molar-refractivity contribution in [3.05, 3.63) is 34.1 Å². The molecule has 1 aromatic carbocycles. The Labute approximate surface area is 110 Å². The zero-order valence-electron chi connectivity index (χ0n) is 10.9. The van der Waals surface area contributed by atoms with E-state index in [0.29, 0.717) is 13.1 Å². The molecule has 1 rings (SSSR count). The van der Waals surface area contributed by atoms with Crippen molar-refractivity contribution in [3.63, 3.8) is 0 Å². The smallest absolute Gasteiger partial charge is 0.327 e. The fourth-order valence-electron chi connectivity index (χ4n) is 1.73. The highest BCUT2D eigenvalue weighted by atomic mass is 19.1. The summed E-state index contributed by atoms with van der Waals surface area (Å²) in [4.78, 5) is 23.1. The topological polar surface area (TPSA) is 75.5 Å². The summed E-state index contributed by atoms with van der Waals surface area (Å²) in [5.41, 5.74) is -0.493. The monoisotopic (exact) mass is 269 g/mol. The third-order valence-electron chi connectivity index (χ3n) is 2.58. The molecular weight excluding hydrogens is 253 g/mol. The van der Waals surface area contributed by atoms with E-state index in [9.17, 15) is 19.3 Å². The van der Waals surface area contributed by atoms with Gasteiger partial charge in [0.1, 0.15) is 5.69 Å². The quantitative estimate of drug-likeness (QED) is 0.630. The van der Waals surface area contributed by atoms with Crippen LogP contribution in [0, 0.1) is 15.9 Å². The van der Waals surface area contributed by atoms with Crippen molar-refractivity contribution in [2.24, 2.45) is 0 Å². The van der Waals surface area contributed by atoms with Crippen LogP contribution < -0.4 is 10.2 Å². The average molecular weight is 269 g/mol. The minimum atomic E-state index is -0.906. The number of nitro benzene ring substituents is 1. The van der Waals surface area contributed by atoms with Crippen molar-refractivity contribution in [2.75, 3.05) is 24.5 Å². The number of hydrogen-bond donors (Lipinski definition) is 1. The number of nitrogens with one attached hydrogen (secondary N) is 1. The van der Waals surface area contributed by atoms with E-state index in [4.69, 9.17) is 0 Å². The molecule has 0 aliphatic carbocycles. The fourth-order valence-corrected chi connectivity index (χ4v) is 1.73. The lowest BCUT2D eigenvalue weighted by molar-refractivity contribution is -0.386. The Hall–Kier alpha value is -2.18. The zero-order valence-corrected chi connectivity index (χ0v) is 10.9. The first-order valence-electron chi connectivity index (χ1n) is 5.95. The van der Waals surface area contributed by atoms with E-state index in [1.54, 1.807) is 13.8 Å². The summed E-state index contributed by atoms with van der Waals surface area (Å²) in [5, 5.41) is 13.5. The second-order valence-corrected chi connectivity index (χ2v) is 3.83. The normalized spacial score (nSPS) is 10.1. The summed E-state index contributed by atoms with van der Waals surface area (Å²) >= 11 is 0. The lowest BCUT2D eigenvalue weighted by Crippen LogP contribution is -2.37. The van der Waals surface area contributed by atoms with Gasteiger partial charge in [-0.2, -0.15) is 4.39 Å². The zero-order chi connectivity index (χ0) is 14.4. The van der Waals surface area contributed by atoms with Crippen LogP contribution in [0.2, 0.25) is 0 Å². The van der Waals surface area contributed by atoms with Crippen LogP contribution in [-0.2, 0) is 4.79 Å². The number of nitro groups is 1. The number of benzene rings is 1. The molecule has 0 atom stereocenters. The summed E-state index contributed by atoms with van der Waals surface area (Å²) in [6, 6.07) is 3.85. The van der Waals surface area contributed by atoms with Gasteiger partial charge in [0.25, 0.3) is 0 Å². The Morgan fingerprint density at radius 3 is 2.68 bits per heavy atom. The SMILES string of the molecule is CCNC(=O)CN(CC)c1cccc(F)c1[N+](=O)[O-]. The van der Waals surface area contributed by atoms with Crippen molar-refractivity contribution in [2.45, 2.75) is 13.8 Å². The number of rotatable bonds is 6. The summed E-state index contributed by atoms with van der Waals surface area (Å²) in [5.74, 6) is -1.17. The third kappa shape index (κ3) is 3.64. The average Bonchev–Trinajstić information content (AvgIpc) is 2.35. The van der Waals surface area contributed by atoms with E-state index in [1.165, 1.54) is 17.0 Å². The van der Waals surface area contributed by atoms with Crippen molar-refractivity contribution in [1.29, 1.82) is 0 Å². The Kier molecular flexibility index (Phi) is 5.23. The summed E-state index contributed by atoms with van der Waals surface area (Å²) in [6.07, 6.45) is 0. The summed E-state index contributed by atoms with van der Waals surface area (Å²) in [7, 11) is 0. The van der Waals surface area contributed by atoms with Gasteiger partial charge in [-0.1, -0.05) is 6.07 Å². The van der Waals surface area contributed by atoms with E-state index < -0.39 is 16.4 Å². The van der Waals surface area contributed by atoms with Gasteiger partial charge >= 0.3 is 5.69 Å². The molecule has 1 amide bonds. The molecule has 19 heavy (non-hydrogen) atoms. The minimum Gasteiger partial charge on any atom is -0.357 e. The molecule has 0 spiro atoms. The maximum atomic E-state index is 13.5. The highest BCUT2D eigenvalue weighted by Gasteiger charge is 2.24. The van der Waals surface area contributed by atoms with Gasteiger partial charge in [-0.05, 0) is 26.0 Å². The molecule has 0 saturated heterocycles. The maximum absolute atomic E-state index is 13.5. The number of hydrogen-bond acceptors (Lipinski definition) is 4. The van der Waals surface area contributed by atoms with Crippen LogP contribution in [0.4, 0.5) is 15.8 Å². The fraction of sp³-hybridized carbons (Fsp3) is 0.417. The van der Waals surface area contributed by atoms with Gasteiger partial charge in [-0.25, -0.2) is 0 Å². The van der Waals surface area contributed by atoms with E-state index >= 15 is 0 Å². The number of carbonyl (C=O) groups is 1. The molecule has 6 nitrogen and oxygen atoms in total. The molecule has 1 aromatic rings. The molecular formula is C12H16FN3O3. The van der Waals surface area contributed by atoms with Gasteiger partial charge in [0.15, 0.2) is 0 Å². The first-order chi connectivity index (χ1) is 9.01. The number of carbonyl (C=O) groups excluding carboxylic acids is 1. The second kappa shape index (κ2) is 6.67. The number of para-hydroxylation sites is 1. The third-order valence-corrected chi connectivity index (χ3v) is 2.58. The van der Waals surface area contributed by atoms with Crippen LogP contribution in [0.1, 0.15) is 13.8 Å². The van der Waals surface area contributed by atoms with Crippen LogP contribution in [0.3, 0.4) is 0 Å². The van der Waals surface area contributed by atoms with Gasteiger partial charge < -0.3 is 10.2 Å². The molecule has 0 bridgehead atoms. The van der Waals surface area contributed by atoms with Crippen LogP contribution in [0.25, 0.3) is 0 Å². The molecule has 0 unspecified atom stereocenters. The summed E-state index contributed by atoms with van der Waals surface area (Å²) in [6.45, 7) is 4.31. The Bertz CT molecular complexity index is 479. The number of anilines is 1. The molecule has 0 aliphatic heterocycles. The molecule has 104 valence electrons. The van der Waals surface area contributed by atoms with E-state index in [0.717, 1.165) is 6.07 Å². The van der Waals surface area contributed by atoms with Crippen molar-refractivity contribution >= 4 is 17.3 Å². The van der Waals surface area contributed by atoms with Crippen LogP contribution >= 0.6 is 0 Å². The Morgan fingerprint density at radius 2 is 2.16 bits per heavy atom. The molecule has 1 N–H and O–H groups in total. The molecule has 0 radical (unpaired) electrons. The molecule has 0 saturated carbocycles. The highest BCUT2D eigenvalue weighted by Crippen LogP contribution is 2.30. The number of nitrogens with zero attached hydrogens (tertiary/aromatic N) is 2. The number of likely N-dealkylation sites (N-methyl/N-ethyl adjacent to an activating group) is 2. The van der Waals surface area contributed by atoms with Gasteiger partial charge in [0, 0.05) is 13.1 Å². The van der Waals surface area contributed by atoms with E-state index in [2.05, 4.69) is 5.32 Å². The van der Waals surface area contributed by atoms with Gasteiger partial charge in [0.2, 0.25) is 11.7 Å². The first-order valence-corrected chi connectivity index (χ1v) is 5.95. The molecule has 0 aliphatic rings. The van der Waals surface area contributed by atoms with Gasteiger partial charge in [-0.15, -0.1) is 0 Å². The largest absolute Gasteiger partial charge is 0.357 e. The molecule has 0 fully saturated rings. The van der Waals surface area contributed by atoms with Crippen molar-refractivity contribution in [3.8, 4) is 0 Å². The Balaban J connectivity index is 3.08. The predicted octanol–water partition coefficient (Wildman–Crippen LogP) is 1.70. The highest BCUT2D eigenvalue weighted by molar-refractivity contribution is 5.82. The van der Waals surface area contributed by atoms with Crippen molar-refractivity contribution < 1.29 is 14.1 Å². The van der Waals surface area contributed by atoms with Gasteiger partial charge in [0.05, 0.1) is 11.5 Å². The number of halogens is 1. The lowest BCUT2D eigenvalue weighted by atomic mass is 10.2. The predicted molar refractivity (Wildman–Crippen MR) is 69.6 cm³/mol. The summed E-state index contributed by atoms with van der Waals surface area (Å²) < 4.78 is 13.5. The molecule has 7 heteroatoms. The molecule has 0 aromatic heterocycles. The van der Waals surface area contributed by atoms with Gasteiger partial charge in [-0.3, -0.25) is 14.9 Å². The van der Waals surface area contributed by atoms with E-state index in [-0.39, 0.29) is 18.1 Å². The van der Waals surface area contributed by atoms with Crippen LogP contribution in [0.5, 0.6) is 0 Å². The van der Waals surface area contributed by atoms with Crippen LogP contribution in [0.15, 0.2) is 18.2 Å².